The summed E-state index contributed by atoms with van der Waals surface area (Å²) >= 11 is 0. The van der Waals surface area contributed by atoms with E-state index >= 15 is 0 Å². The predicted octanol–water partition coefficient (Wildman–Crippen LogP) is 7.05. The Hall–Kier alpha value is -5.95. The largest absolute Gasteiger partial charge is 0.489 e. The van der Waals surface area contributed by atoms with Gasteiger partial charge in [0, 0.05) is 73.7 Å². The number of aromatic nitrogens is 2. The van der Waals surface area contributed by atoms with Gasteiger partial charge in [-0.05, 0) is 112 Å². The summed E-state index contributed by atoms with van der Waals surface area (Å²) in [7, 11) is -4.66. The lowest BCUT2D eigenvalue weighted by molar-refractivity contribution is -0.384. The lowest BCUT2D eigenvalue weighted by Crippen LogP contribution is -2.54. The maximum absolute atomic E-state index is 14.5. The van der Waals surface area contributed by atoms with E-state index in [1.807, 2.05) is 36.1 Å². The van der Waals surface area contributed by atoms with E-state index in [2.05, 4.69) is 60.9 Å². The molecule has 12 rings (SSSR count). The second-order valence-electron chi connectivity index (χ2n) is 20.2. The number of likely N-dealkylation sites (tertiary alicyclic amines) is 2. The van der Waals surface area contributed by atoms with Crippen LogP contribution >= 0.6 is 0 Å². The van der Waals surface area contributed by atoms with Crippen LogP contribution in [-0.2, 0) is 14.8 Å². The van der Waals surface area contributed by atoms with Crippen LogP contribution in [0.15, 0.2) is 77.8 Å². The Morgan fingerprint density at radius 3 is 2.62 bits per heavy atom. The number of H-pyrrole nitrogens is 1. The molecule has 1 saturated carbocycles. The van der Waals surface area contributed by atoms with Crippen LogP contribution in [0.1, 0.15) is 79.4 Å². The molecule has 1 spiro atoms. The lowest BCUT2D eigenvalue weighted by atomic mass is 9.59. The Morgan fingerprint density at radius 1 is 1.00 bits per heavy atom. The van der Waals surface area contributed by atoms with Crippen molar-refractivity contribution in [3.63, 3.8) is 0 Å². The molecular formula is C50H57N9O8S. The summed E-state index contributed by atoms with van der Waals surface area (Å²) in [4.78, 5) is 43.3. The molecular weight excluding hydrogens is 887 g/mol. The predicted molar refractivity (Wildman–Crippen MR) is 257 cm³/mol. The normalized spacial score (nSPS) is 25.6. The van der Waals surface area contributed by atoms with Gasteiger partial charge in [0.25, 0.3) is 21.6 Å². The zero-order valence-electron chi connectivity index (χ0n) is 38.4. The second-order valence-corrected chi connectivity index (χ2v) is 21.9. The molecule has 5 fully saturated rings. The third-order valence-corrected chi connectivity index (χ3v) is 17.2. The highest BCUT2D eigenvalue weighted by Crippen LogP contribution is 2.54. The number of morpholine rings is 1. The highest BCUT2D eigenvalue weighted by molar-refractivity contribution is 7.90. The van der Waals surface area contributed by atoms with Gasteiger partial charge in [-0.1, -0.05) is 24.3 Å². The fraction of sp³-hybridized carbons (Fsp3) is 0.480. The zero-order valence-corrected chi connectivity index (χ0v) is 39.2. The van der Waals surface area contributed by atoms with Crippen molar-refractivity contribution in [3.05, 3.63) is 99.7 Å². The van der Waals surface area contributed by atoms with Crippen LogP contribution in [0, 0.1) is 22.5 Å². The van der Waals surface area contributed by atoms with E-state index in [1.165, 1.54) is 42.9 Å². The number of nitro benzene ring substituents is 1. The number of nitrogens with one attached hydrogen (secondary N) is 3. The van der Waals surface area contributed by atoms with Gasteiger partial charge >= 0.3 is 0 Å². The van der Waals surface area contributed by atoms with E-state index in [0.717, 1.165) is 62.6 Å². The molecule has 18 heteroatoms. The summed E-state index contributed by atoms with van der Waals surface area (Å²) in [5, 5.41) is 16.6. The van der Waals surface area contributed by atoms with E-state index < -0.39 is 31.4 Å². The van der Waals surface area contributed by atoms with E-state index in [9.17, 15) is 23.3 Å². The summed E-state index contributed by atoms with van der Waals surface area (Å²) < 4.78 is 48.7. The number of hydrogen-bond acceptors (Lipinski definition) is 14. The number of amides is 1. The quantitative estimate of drug-likeness (QED) is 0.0955. The minimum Gasteiger partial charge on any atom is -0.489 e. The number of sulfonamides is 1. The number of hydrogen-bond donors (Lipinski definition) is 3. The minimum absolute atomic E-state index is 0.0327. The minimum atomic E-state index is -4.66. The first-order chi connectivity index (χ1) is 32.9. The molecule has 6 aliphatic heterocycles. The topological polar surface area (TPSA) is 188 Å². The first-order valence-electron chi connectivity index (χ1n) is 24.1. The first kappa shape index (κ1) is 43.3. The van der Waals surface area contributed by atoms with Crippen molar-refractivity contribution in [2.75, 3.05) is 67.6 Å². The molecule has 17 nitrogen and oxygen atoms in total. The smallest absolute Gasteiger partial charge is 0.297 e. The number of benzene rings is 3. The van der Waals surface area contributed by atoms with Crippen LogP contribution in [0.3, 0.4) is 0 Å². The number of pyridine rings is 1. The number of carbonyl (C=O) groups is 1. The molecule has 0 unspecified atom stereocenters. The number of ether oxygens (including phenoxy) is 3. The lowest BCUT2D eigenvalue weighted by Gasteiger charge is -2.56. The van der Waals surface area contributed by atoms with Crippen molar-refractivity contribution >= 4 is 55.4 Å². The molecule has 1 amide bonds. The van der Waals surface area contributed by atoms with Gasteiger partial charge in [0.05, 0.1) is 46.4 Å². The zero-order chi connectivity index (χ0) is 46.5. The van der Waals surface area contributed by atoms with Crippen LogP contribution in [-0.4, -0.2) is 122 Å². The summed E-state index contributed by atoms with van der Waals surface area (Å²) in [5.41, 5.74) is 5.65. The maximum atomic E-state index is 14.5. The number of piperidine rings is 1. The Bertz CT molecular complexity index is 2930. The molecule has 5 atom stereocenters. The van der Waals surface area contributed by atoms with Gasteiger partial charge in [-0.15, -0.1) is 0 Å². The molecule has 1 aliphatic carbocycles. The molecule has 3 aromatic carbocycles. The third-order valence-electron chi connectivity index (χ3n) is 15.9. The molecule has 8 heterocycles. The van der Waals surface area contributed by atoms with Crippen LogP contribution in [0.2, 0.25) is 0 Å². The molecule has 68 heavy (non-hydrogen) atoms. The average molecular weight is 944 g/mol. The Balaban J connectivity index is 0.804. The summed E-state index contributed by atoms with van der Waals surface area (Å²) in [5.74, 6) is -0.454. The highest BCUT2D eigenvalue weighted by Gasteiger charge is 2.50. The molecule has 7 aliphatic rings. The summed E-state index contributed by atoms with van der Waals surface area (Å²) in [6.45, 7) is 9.63. The van der Waals surface area contributed by atoms with E-state index in [0.29, 0.717) is 66.1 Å². The van der Waals surface area contributed by atoms with Crippen molar-refractivity contribution in [1.82, 2.24) is 24.5 Å². The molecule has 5 aromatic rings. The second kappa shape index (κ2) is 16.6. The highest BCUT2D eigenvalue weighted by atomic mass is 32.2. The average Bonchev–Trinajstić information content (AvgIpc) is 4.16. The number of aryl methyl sites for hydroxylation is 1. The summed E-state index contributed by atoms with van der Waals surface area (Å²) in [6, 6.07) is 21.6. The number of nitrogens with zero attached hydrogens (tertiary/aromatic N) is 6. The maximum Gasteiger partial charge on any atom is 0.297 e. The number of nitro groups is 1. The molecule has 4 saturated heterocycles. The Morgan fingerprint density at radius 2 is 1.84 bits per heavy atom. The first-order valence-corrected chi connectivity index (χ1v) is 25.6. The standard InChI is InChI=1S/C50H57N9O8S/c1-30-6-3-4-7-39(30)41-8-5-15-57(41)36-23-50(24-36)12-16-55(17-13-50)34-9-10-40(42(20-34)58-25-31(2)67-49-44(58)18-32-11-14-51-47(32)53-49)48(60)54-68(63,64)38-21-43(59(61)62)46-45(22-38)66-28-33(52-46)26-56-27-37-19-35(56)29-65-37/h3-4,6-7,9-11,14,18,20-22,31,33,35-37,41,52H,5,8,12-13,15-17,19,23-29H2,1-2H3,(H,51,53)(H,54,60)/t31-,33+,35+,37+,41+/m1/s1. The molecule has 2 bridgehead atoms. The van der Waals surface area contributed by atoms with Crippen molar-refractivity contribution in [2.45, 2.75) is 100 Å². The van der Waals surface area contributed by atoms with E-state index in [-0.39, 0.29) is 41.9 Å². The fourth-order valence-corrected chi connectivity index (χ4v) is 13.4. The van der Waals surface area contributed by atoms with Crippen LogP contribution < -0.4 is 29.3 Å². The van der Waals surface area contributed by atoms with Gasteiger partial charge < -0.3 is 34.3 Å². The van der Waals surface area contributed by atoms with Gasteiger partial charge in [-0.2, -0.15) is 4.98 Å². The number of aromatic amines is 1. The SMILES string of the molecule is Cc1ccccc1[C@@H]1CCCN1C1CC2(CCN(c3ccc(C(=O)NS(=O)(=O)c4cc5c(c([N+](=O)[O-])c4)N[C@@H](CN4C[C@@H]6C[C@H]4CO6)CO5)c(N4C[C@@H](C)Oc5nc6[nH]ccc6cc54)c3)CC2)C1. The van der Waals surface area contributed by atoms with E-state index in [1.54, 1.807) is 12.3 Å². The fourth-order valence-electron chi connectivity index (χ4n) is 12.4. The van der Waals surface area contributed by atoms with Crippen LogP contribution in [0.4, 0.5) is 28.4 Å². The van der Waals surface area contributed by atoms with Gasteiger partial charge in [0.15, 0.2) is 11.4 Å². The van der Waals surface area contributed by atoms with Crippen LogP contribution in [0.5, 0.6) is 11.6 Å². The van der Waals surface area contributed by atoms with Crippen molar-refractivity contribution in [1.29, 1.82) is 0 Å². The Kier molecular flexibility index (Phi) is 10.6. The summed E-state index contributed by atoms with van der Waals surface area (Å²) in [6.07, 6.45) is 9.64. The van der Waals surface area contributed by atoms with Crippen molar-refractivity contribution < 1.29 is 32.3 Å². The van der Waals surface area contributed by atoms with Crippen molar-refractivity contribution in [2.24, 2.45) is 5.41 Å². The molecule has 0 radical (unpaired) electrons. The molecule has 356 valence electrons. The number of rotatable bonds is 10. The van der Waals surface area contributed by atoms with Gasteiger partial charge in [0.2, 0.25) is 5.88 Å². The number of carbonyl (C=O) groups excluding carboxylic acids is 1. The molecule has 2 aromatic heterocycles. The van der Waals surface area contributed by atoms with Crippen LogP contribution in [0.25, 0.3) is 11.0 Å². The third kappa shape index (κ3) is 7.69. The molecule has 3 N–H and O–H groups in total. The van der Waals surface area contributed by atoms with Gasteiger partial charge in [-0.3, -0.25) is 24.7 Å². The number of fused-ring (bicyclic) bond motifs is 5. The van der Waals surface area contributed by atoms with Crippen molar-refractivity contribution in [3.8, 4) is 11.6 Å². The van der Waals surface area contributed by atoms with Gasteiger partial charge in [-0.25, -0.2) is 13.1 Å². The number of anilines is 4. The Labute approximate surface area is 395 Å². The van der Waals surface area contributed by atoms with Gasteiger partial charge in [0.1, 0.15) is 24.0 Å². The monoisotopic (exact) mass is 943 g/mol. The van der Waals surface area contributed by atoms with E-state index in [4.69, 9.17) is 19.2 Å².